The maximum absolute atomic E-state index is 11.9. The van der Waals surface area contributed by atoms with Crippen molar-refractivity contribution < 1.29 is 9.32 Å². The summed E-state index contributed by atoms with van der Waals surface area (Å²) in [5.41, 5.74) is 0.587. The number of nitrogens with zero attached hydrogens (tertiary/aromatic N) is 2. The maximum atomic E-state index is 11.9. The lowest BCUT2D eigenvalue weighted by Crippen LogP contribution is -2.26. The van der Waals surface area contributed by atoms with Crippen LogP contribution in [-0.4, -0.2) is 22.6 Å². The highest BCUT2D eigenvalue weighted by Crippen LogP contribution is 2.21. The molecule has 0 spiro atoms. The van der Waals surface area contributed by atoms with Gasteiger partial charge in [-0.05, 0) is 34.1 Å². The van der Waals surface area contributed by atoms with E-state index in [-0.39, 0.29) is 5.91 Å². The van der Waals surface area contributed by atoms with E-state index in [9.17, 15) is 4.79 Å². The van der Waals surface area contributed by atoms with Crippen molar-refractivity contribution in [1.29, 1.82) is 0 Å². The summed E-state index contributed by atoms with van der Waals surface area (Å²) in [6.45, 7) is 0.448. The van der Waals surface area contributed by atoms with Gasteiger partial charge in [0.05, 0.1) is 5.56 Å². The largest absolute Gasteiger partial charge is 0.351 e. The lowest BCUT2D eigenvalue weighted by atomic mass is 10.2. The van der Waals surface area contributed by atoms with Crippen LogP contribution in [0.15, 0.2) is 38.0 Å². The van der Waals surface area contributed by atoms with Crippen molar-refractivity contribution in [2.75, 3.05) is 6.54 Å². The molecule has 18 heavy (non-hydrogen) atoms. The fourth-order valence-corrected chi connectivity index (χ4v) is 2.59. The molecule has 1 amide bonds. The molecule has 0 atom stereocenters. The molecule has 2 aromatic rings. The molecular formula is C11H9Br2N3O2. The summed E-state index contributed by atoms with van der Waals surface area (Å²) >= 11 is 6.68. The summed E-state index contributed by atoms with van der Waals surface area (Å²) in [6.07, 6.45) is 1.85. The van der Waals surface area contributed by atoms with Crippen LogP contribution in [0.2, 0.25) is 0 Å². The van der Waals surface area contributed by atoms with Crippen LogP contribution in [0.5, 0.6) is 0 Å². The van der Waals surface area contributed by atoms with E-state index in [2.05, 4.69) is 47.3 Å². The Morgan fingerprint density at radius 3 is 2.89 bits per heavy atom. The van der Waals surface area contributed by atoms with E-state index in [4.69, 9.17) is 4.52 Å². The van der Waals surface area contributed by atoms with Crippen molar-refractivity contribution in [3.05, 3.63) is 44.9 Å². The molecule has 1 aromatic heterocycles. The highest BCUT2D eigenvalue weighted by atomic mass is 79.9. The number of halogens is 2. The van der Waals surface area contributed by atoms with Gasteiger partial charge in [-0.2, -0.15) is 4.98 Å². The fourth-order valence-electron chi connectivity index (χ4n) is 1.36. The van der Waals surface area contributed by atoms with Gasteiger partial charge in [0.2, 0.25) is 5.89 Å². The number of amides is 1. The van der Waals surface area contributed by atoms with Crippen LogP contribution in [-0.2, 0) is 6.42 Å². The first-order chi connectivity index (χ1) is 8.66. The molecule has 1 heterocycles. The minimum atomic E-state index is -0.145. The number of aromatic nitrogens is 2. The number of rotatable bonds is 4. The van der Waals surface area contributed by atoms with Crippen molar-refractivity contribution in [3.8, 4) is 0 Å². The first-order valence-electron chi connectivity index (χ1n) is 5.15. The second-order valence-electron chi connectivity index (χ2n) is 3.47. The summed E-state index contributed by atoms with van der Waals surface area (Å²) in [7, 11) is 0. The summed E-state index contributed by atoms with van der Waals surface area (Å²) in [6, 6.07) is 5.39. The summed E-state index contributed by atoms with van der Waals surface area (Å²) in [5.74, 6) is 0.360. The first-order valence-corrected chi connectivity index (χ1v) is 6.74. The minimum absolute atomic E-state index is 0.145. The molecule has 0 fully saturated rings. The maximum Gasteiger partial charge on any atom is 0.252 e. The summed E-state index contributed by atoms with van der Waals surface area (Å²) in [4.78, 5) is 15.8. The number of hydrogen-bond donors (Lipinski definition) is 1. The second kappa shape index (κ2) is 6.10. The van der Waals surface area contributed by atoms with Crippen LogP contribution in [0, 0.1) is 0 Å². The van der Waals surface area contributed by atoms with Crippen LogP contribution >= 0.6 is 31.9 Å². The van der Waals surface area contributed by atoms with Crippen molar-refractivity contribution in [1.82, 2.24) is 15.5 Å². The second-order valence-corrected chi connectivity index (χ2v) is 5.24. The van der Waals surface area contributed by atoms with Gasteiger partial charge in [-0.15, -0.1) is 0 Å². The van der Waals surface area contributed by atoms with Gasteiger partial charge in [-0.3, -0.25) is 4.79 Å². The number of hydrogen-bond acceptors (Lipinski definition) is 4. The molecule has 0 aliphatic carbocycles. The smallest absolute Gasteiger partial charge is 0.252 e. The standard InChI is InChI=1S/C11H9Br2N3O2/c12-7-1-2-8(9(13)5-7)11(17)14-4-3-10-15-6-16-18-10/h1-2,5-6H,3-4H2,(H,14,17). The Kier molecular flexibility index (Phi) is 4.48. The van der Waals surface area contributed by atoms with Gasteiger partial charge in [0.15, 0.2) is 6.33 Å². The quantitative estimate of drug-likeness (QED) is 0.892. The van der Waals surface area contributed by atoms with Crippen molar-refractivity contribution in [2.24, 2.45) is 0 Å². The zero-order valence-corrected chi connectivity index (χ0v) is 12.4. The van der Waals surface area contributed by atoms with Crippen LogP contribution in [0.4, 0.5) is 0 Å². The first kappa shape index (κ1) is 13.2. The Bertz CT molecular complexity index is 543. The van der Waals surface area contributed by atoms with Crippen molar-refractivity contribution in [2.45, 2.75) is 6.42 Å². The Morgan fingerprint density at radius 2 is 2.22 bits per heavy atom. The third-order valence-electron chi connectivity index (χ3n) is 2.21. The Hall–Kier alpha value is -1.21. The van der Waals surface area contributed by atoms with Crippen molar-refractivity contribution >= 4 is 37.8 Å². The van der Waals surface area contributed by atoms with E-state index in [0.717, 1.165) is 8.95 Å². The molecule has 0 saturated heterocycles. The normalized spacial score (nSPS) is 10.3. The van der Waals surface area contributed by atoms with E-state index in [1.54, 1.807) is 6.07 Å². The number of carbonyl (C=O) groups is 1. The lowest BCUT2D eigenvalue weighted by molar-refractivity contribution is 0.0952. The van der Waals surface area contributed by atoms with Gasteiger partial charge in [-0.25, -0.2) is 0 Å². The predicted molar refractivity (Wildman–Crippen MR) is 72.2 cm³/mol. The number of carbonyl (C=O) groups excluding carboxylic acids is 1. The molecule has 1 N–H and O–H groups in total. The molecule has 0 aliphatic rings. The van der Waals surface area contributed by atoms with Gasteiger partial charge < -0.3 is 9.84 Å². The molecule has 2 rings (SSSR count). The van der Waals surface area contributed by atoms with Crippen LogP contribution < -0.4 is 5.32 Å². The average molecular weight is 375 g/mol. The van der Waals surface area contributed by atoms with Crippen LogP contribution in [0.3, 0.4) is 0 Å². The molecule has 0 unspecified atom stereocenters. The van der Waals surface area contributed by atoms with Crippen molar-refractivity contribution in [3.63, 3.8) is 0 Å². The Morgan fingerprint density at radius 1 is 1.39 bits per heavy atom. The fraction of sp³-hybridized carbons (Fsp3) is 0.182. The minimum Gasteiger partial charge on any atom is -0.351 e. The summed E-state index contributed by atoms with van der Waals surface area (Å²) in [5, 5.41) is 6.28. The monoisotopic (exact) mass is 373 g/mol. The van der Waals surface area contributed by atoms with E-state index in [1.165, 1.54) is 6.33 Å². The zero-order chi connectivity index (χ0) is 13.0. The highest BCUT2D eigenvalue weighted by Gasteiger charge is 2.10. The van der Waals surface area contributed by atoms with Gasteiger partial charge in [0, 0.05) is 21.9 Å². The van der Waals surface area contributed by atoms with Gasteiger partial charge in [0.1, 0.15) is 0 Å². The van der Waals surface area contributed by atoms with Gasteiger partial charge in [-0.1, -0.05) is 21.1 Å². The molecule has 0 aliphatic heterocycles. The average Bonchev–Trinajstić information content (AvgIpc) is 2.81. The van der Waals surface area contributed by atoms with Gasteiger partial charge in [0.25, 0.3) is 5.91 Å². The molecular weight excluding hydrogens is 366 g/mol. The zero-order valence-electron chi connectivity index (χ0n) is 9.19. The molecule has 1 aromatic carbocycles. The molecule has 5 nitrogen and oxygen atoms in total. The summed E-state index contributed by atoms with van der Waals surface area (Å²) < 4.78 is 6.49. The van der Waals surface area contributed by atoms with Crippen LogP contribution in [0.25, 0.3) is 0 Å². The SMILES string of the molecule is O=C(NCCc1ncno1)c1ccc(Br)cc1Br. The topological polar surface area (TPSA) is 68.0 Å². The third kappa shape index (κ3) is 3.39. The molecule has 0 saturated carbocycles. The Labute approximate surface area is 120 Å². The third-order valence-corrected chi connectivity index (χ3v) is 3.36. The molecule has 0 radical (unpaired) electrons. The lowest BCUT2D eigenvalue weighted by Gasteiger charge is -2.05. The van der Waals surface area contributed by atoms with Gasteiger partial charge >= 0.3 is 0 Å². The molecule has 7 heteroatoms. The predicted octanol–water partition coefficient (Wildman–Crippen LogP) is 2.57. The van der Waals surface area contributed by atoms with E-state index < -0.39 is 0 Å². The number of nitrogens with one attached hydrogen (secondary N) is 1. The number of benzene rings is 1. The van der Waals surface area contributed by atoms with E-state index in [1.807, 2.05) is 12.1 Å². The van der Waals surface area contributed by atoms with E-state index in [0.29, 0.717) is 24.4 Å². The molecule has 94 valence electrons. The Balaban J connectivity index is 1.91. The van der Waals surface area contributed by atoms with Crippen LogP contribution in [0.1, 0.15) is 16.2 Å². The highest BCUT2D eigenvalue weighted by molar-refractivity contribution is 9.11. The molecule has 0 bridgehead atoms. The van der Waals surface area contributed by atoms with E-state index >= 15 is 0 Å².